The van der Waals surface area contributed by atoms with Crippen molar-refractivity contribution < 1.29 is 14.3 Å². The quantitative estimate of drug-likeness (QED) is 0.666. The van der Waals surface area contributed by atoms with E-state index in [9.17, 15) is 9.59 Å². The summed E-state index contributed by atoms with van der Waals surface area (Å²) in [6.07, 6.45) is 4.13. The Morgan fingerprint density at radius 1 is 1.19 bits per heavy atom. The van der Waals surface area contributed by atoms with Crippen molar-refractivity contribution in [2.24, 2.45) is 0 Å². The lowest BCUT2D eigenvalue weighted by Crippen LogP contribution is -2.45. The maximum absolute atomic E-state index is 13.2. The first kappa shape index (κ1) is 20.7. The molecule has 2 heterocycles. The van der Waals surface area contributed by atoms with E-state index in [2.05, 4.69) is 10.6 Å². The summed E-state index contributed by atoms with van der Waals surface area (Å²) in [6.45, 7) is 2.66. The second-order valence-electron chi connectivity index (χ2n) is 7.72. The van der Waals surface area contributed by atoms with Gasteiger partial charge in [0.15, 0.2) is 0 Å². The summed E-state index contributed by atoms with van der Waals surface area (Å²) < 4.78 is 7.03. The molecule has 7 heteroatoms. The molecule has 0 radical (unpaired) electrons. The van der Waals surface area contributed by atoms with Crippen molar-refractivity contribution in [1.29, 1.82) is 0 Å². The average molecular weight is 418 g/mol. The summed E-state index contributed by atoms with van der Waals surface area (Å²) in [6, 6.07) is 14.8. The summed E-state index contributed by atoms with van der Waals surface area (Å²) in [5.74, 6) is 0.217. The highest BCUT2D eigenvalue weighted by Crippen LogP contribution is 2.27. The Balaban J connectivity index is 1.72. The van der Waals surface area contributed by atoms with Crippen LogP contribution in [0.2, 0.25) is 0 Å². The normalized spacial score (nSPS) is 16.3. The van der Waals surface area contributed by atoms with E-state index in [-0.39, 0.29) is 11.8 Å². The van der Waals surface area contributed by atoms with E-state index >= 15 is 0 Å². The molecular weight excluding hydrogens is 392 g/mol. The van der Waals surface area contributed by atoms with Gasteiger partial charge in [-0.25, -0.2) is 4.68 Å². The van der Waals surface area contributed by atoms with Gasteiger partial charge in [0.1, 0.15) is 17.5 Å². The van der Waals surface area contributed by atoms with Gasteiger partial charge in [-0.15, -0.1) is 0 Å². The number of nitrogens with zero attached hydrogens (tertiary/aromatic N) is 2. The number of hydrogen-bond donors (Lipinski definition) is 2. The summed E-state index contributed by atoms with van der Waals surface area (Å²) in [5.41, 5.74) is 3.69. The lowest BCUT2D eigenvalue weighted by Gasteiger charge is -2.15. The van der Waals surface area contributed by atoms with E-state index in [0.717, 1.165) is 29.7 Å². The highest BCUT2D eigenvalue weighted by molar-refractivity contribution is 6.02. The molecule has 0 bridgehead atoms. The summed E-state index contributed by atoms with van der Waals surface area (Å²) >= 11 is 0. The second kappa shape index (κ2) is 9.04. The standard InChI is InChI=1S/C24H26N4O3/c1-16-9-11-18(12-10-16)28-15-20(22(27-28)17-6-5-7-19(14-17)31-2)23(29)26-21-8-3-4-13-25-24(21)30/h5-7,9-12,14-15,21H,3-4,8,13H2,1-2H3,(H,25,30)(H,26,29). The third-order valence-electron chi connectivity index (χ3n) is 5.44. The molecule has 1 aliphatic rings. The van der Waals surface area contributed by atoms with E-state index in [1.54, 1.807) is 18.0 Å². The van der Waals surface area contributed by atoms with Crippen molar-refractivity contribution in [2.45, 2.75) is 32.2 Å². The summed E-state index contributed by atoms with van der Waals surface area (Å²) in [7, 11) is 1.60. The molecule has 1 aliphatic heterocycles. The molecule has 2 N–H and O–H groups in total. The molecule has 2 amide bonds. The number of ether oxygens (including phenoxy) is 1. The Bertz CT molecular complexity index is 1090. The Kier molecular flexibility index (Phi) is 6.02. The molecule has 0 saturated carbocycles. The molecule has 1 saturated heterocycles. The van der Waals surface area contributed by atoms with Crippen LogP contribution in [0.1, 0.15) is 35.2 Å². The third kappa shape index (κ3) is 4.60. The molecule has 4 rings (SSSR count). The number of aromatic nitrogens is 2. The number of hydrogen-bond acceptors (Lipinski definition) is 4. The molecule has 0 aliphatic carbocycles. The lowest BCUT2D eigenvalue weighted by molar-refractivity contribution is -0.122. The van der Waals surface area contributed by atoms with Crippen LogP contribution in [0.4, 0.5) is 0 Å². The number of aryl methyl sites for hydroxylation is 1. The van der Waals surface area contributed by atoms with Gasteiger partial charge in [0.25, 0.3) is 5.91 Å². The number of benzene rings is 2. The number of rotatable bonds is 5. The number of amides is 2. The van der Waals surface area contributed by atoms with Gasteiger partial charge in [0.2, 0.25) is 5.91 Å². The minimum Gasteiger partial charge on any atom is -0.497 e. The molecule has 160 valence electrons. The van der Waals surface area contributed by atoms with Gasteiger partial charge in [0, 0.05) is 18.3 Å². The first-order valence-electron chi connectivity index (χ1n) is 10.4. The van der Waals surface area contributed by atoms with E-state index in [0.29, 0.717) is 30.0 Å². The van der Waals surface area contributed by atoms with Gasteiger partial charge in [-0.2, -0.15) is 5.10 Å². The molecule has 1 unspecified atom stereocenters. The fourth-order valence-electron chi connectivity index (χ4n) is 3.67. The second-order valence-corrected chi connectivity index (χ2v) is 7.72. The number of methoxy groups -OCH3 is 1. The first-order chi connectivity index (χ1) is 15.0. The largest absolute Gasteiger partial charge is 0.497 e. The molecule has 1 aromatic heterocycles. The SMILES string of the molecule is COc1cccc(-c2nn(-c3ccc(C)cc3)cc2C(=O)NC2CCCCNC2=O)c1. The van der Waals surface area contributed by atoms with Gasteiger partial charge in [0.05, 0.1) is 18.4 Å². The predicted molar refractivity (Wildman–Crippen MR) is 118 cm³/mol. The maximum Gasteiger partial charge on any atom is 0.255 e. The minimum atomic E-state index is -0.545. The van der Waals surface area contributed by atoms with Crippen LogP contribution in [0, 0.1) is 6.92 Å². The molecule has 1 atom stereocenters. The predicted octanol–water partition coefficient (Wildman–Crippen LogP) is 3.25. The zero-order valence-corrected chi connectivity index (χ0v) is 17.7. The van der Waals surface area contributed by atoms with Crippen LogP contribution in [0.15, 0.2) is 54.7 Å². The van der Waals surface area contributed by atoms with E-state index in [4.69, 9.17) is 9.84 Å². The van der Waals surface area contributed by atoms with Crippen LogP contribution in [0.5, 0.6) is 5.75 Å². The fourth-order valence-corrected chi connectivity index (χ4v) is 3.67. The third-order valence-corrected chi connectivity index (χ3v) is 5.44. The highest BCUT2D eigenvalue weighted by atomic mass is 16.5. The average Bonchev–Trinajstić information content (AvgIpc) is 3.14. The molecular formula is C24H26N4O3. The van der Waals surface area contributed by atoms with Crippen LogP contribution in [-0.4, -0.2) is 41.3 Å². The molecule has 3 aromatic rings. The van der Waals surface area contributed by atoms with Gasteiger partial charge in [-0.05, 0) is 50.5 Å². The van der Waals surface area contributed by atoms with Crippen molar-refractivity contribution in [3.05, 3.63) is 65.9 Å². The zero-order chi connectivity index (χ0) is 21.8. The number of nitrogens with one attached hydrogen (secondary N) is 2. The van der Waals surface area contributed by atoms with Crippen molar-refractivity contribution in [3.8, 4) is 22.7 Å². The maximum atomic E-state index is 13.2. The number of carbonyl (C=O) groups excluding carboxylic acids is 2. The molecule has 2 aromatic carbocycles. The van der Waals surface area contributed by atoms with Gasteiger partial charge < -0.3 is 15.4 Å². The lowest BCUT2D eigenvalue weighted by atomic mass is 10.1. The molecule has 0 spiro atoms. The summed E-state index contributed by atoms with van der Waals surface area (Å²) in [5, 5.41) is 10.5. The van der Waals surface area contributed by atoms with E-state index < -0.39 is 6.04 Å². The molecule has 31 heavy (non-hydrogen) atoms. The fraction of sp³-hybridized carbons (Fsp3) is 0.292. The Morgan fingerprint density at radius 2 is 2.00 bits per heavy atom. The van der Waals surface area contributed by atoms with Gasteiger partial charge in [-0.1, -0.05) is 29.8 Å². The Labute approximate surface area is 181 Å². The van der Waals surface area contributed by atoms with Crippen molar-refractivity contribution >= 4 is 11.8 Å². The van der Waals surface area contributed by atoms with Crippen LogP contribution in [-0.2, 0) is 4.79 Å². The smallest absolute Gasteiger partial charge is 0.255 e. The first-order valence-corrected chi connectivity index (χ1v) is 10.4. The van der Waals surface area contributed by atoms with Crippen LogP contribution < -0.4 is 15.4 Å². The van der Waals surface area contributed by atoms with Gasteiger partial charge in [-0.3, -0.25) is 9.59 Å². The topological polar surface area (TPSA) is 85.2 Å². The number of carbonyl (C=O) groups is 2. The van der Waals surface area contributed by atoms with Crippen molar-refractivity contribution in [1.82, 2.24) is 20.4 Å². The molecule has 7 nitrogen and oxygen atoms in total. The van der Waals surface area contributed by atoms with Crippen LogP contribution >= 0.6 is 0 Å². The van der Waals surface area contributed by atoms with E-state index in [1.165, 1.54) is 0 Å². The van der Waals surface area contributed by atoms with Gasteiger partial charge >= 0.3 is 0 Å². The molecule has 1 fully saturated rings. The minimum absolute atomic E-state index is 0.139. The van der Waals surface area contributed by atoms with Crippen molar-refractivity contribution in [2.75, 3.05) is 13.7 Å². The Morgan fingerprint density at radius 3 is 2.77 bits per heavy atom. The summed E-state index contributed by atoms with van der Waals surface area (Å²) in [4.78, 5) is 25.6. The zero-order valence-electron chi connectivity index (χ0n) is 17.7. The highest BCUT2D eigenvalue weighted by Gasteiger charge is 2.26. The van der Waals surface area contributed by atoms with Crippen LogP contribution in [0.3, 0.4) is 0 Å². The van der Waals surface area contributed by atoms with E-state index in [1.807, 2.05) is 55.5 Å². The monoisotopic (exact) mass is 418 g/mol. The van der Waals surface area contributed by atoms with Crippen LogP contribution in [0.25, 0.3) is 16.9 Å². The Hall–Kier alpha value is -3.61. The van der Waals surface area contributed by atoms with Crippen molar-refractivity contribution in [3.63, 3.8) is 0 Å².